The van der Waals surface area contributed by atoms with E-state index in [1.54, 1.807) is 38.1 Å². The largest absolute Gasteiger partial charge is 0.495 e. The quantitative estimate of drug-likeness (QED) is 0.287. The molecule has 0 saturated carbocycles. The van der Waals surface area contributed by atoms with Crippen LogP contribution in [0.15, 0.2) is 65.6 Å². The number of carbonyl (C=O) groups excluding carboxylic acids is 2. The van der Waals surface area contributed by atoms with Gasteiger partial charge >= 0.3 is 0 Å². The first-order valence-corrected chi connectivity index (χ1v) is 15.1. The van der Waals surface area contributed by atoms with Gasteiger partial charge in [0.15, 0.2) is 11.5 Å². The third kappa shape index (κ3) is 7.39. The molecule has 42 heavy (non-hydrogen) atoms. The molecule has 0 spiro atoms. The Hall–Kier alpha value is -3.67. The number of hydrogen-bond donors (Lipinski definition) is 1. The average molecular weight is 639 g/mol. The SMILES string of the molecule is CCNC(=O)C(C)N(Cc1ccccc1Cl)C(=O)CN(c1cc(Cl)ccc1OC)S(=O)(=O)c1ccc(OC)c(OC)c1. The number of amides is 2. The molecule has 0 saturated heterocycles. The van der Waals surface area contributed by atoms with Gasteiger partial charge in [-0.3, -0.25) is 13.9 Å². The second-order valence-electron chi connectivity index (χ2n) is 9.03. The third-order valence-corrected chi connectivity index (χ3v) is 8.81. The predicted octanol–water partition coefficient (Wildman–Crippen LogP) is 4.77. The number of methoxy groups -OCH3 is 3. The van der Waals surface area contributed by atoms with Crippen LogP contribution in [0.25, 0.3) is 0 Å². The Morgan fingerprint density at radius 3 is 2.17 bits per heavy atom. The Labute approximate surface area is 256 Å². The van der Waals surface area contributed by atoms with E-state index in [9.17, 15) is 18.0 Å². The van der Waals surface area contributed by atoms with Crippen molar-refractivity contribution in [2.75, 3.05) is 38.7 Å². The highest BCUT2D eigenvalue weighted by Gasteiger charge is 2.34. The normalized spacial score (nSPS) is 11.8. The highest BCUT2D eigenvalue weighted by molar-refractivity contribution is 7.92. The minimum Gasteiger partial charge on any atom is -0.495 e. The minimum atomic E-state index is -4.44. The first-order valence-electron chi connectivity index (χ1n) is 12.9. The van der Waals surface area contributed by atoms with E-state index < -0.39 is 34.4 Å². The van der Waals surface area contributed by atoms with E-state index >= 15 is 0 Å². The zero-order valence-electron chi connectivity index (χ0n) is 23.9. The van der Waals surface area contributed by atoms with Crippen LogP contribution in [0.5, 0.6) is 17.2 Å². The topological polar surface area (TPSA) is 114 Å². The molecule has 3 aromatic carbocycles. The zero-order chi connectivity index (χ0) is 31.0. The lowest BCUT2D eigenvalue weighted by atomic mass is 10.1. The summed E-state index contributed by atoms with van der Waals surface area (Å²) in [6.45, 7) is 2.92. The number of nitrogens with zero attached hydrogens (tertiary/aromatic N) is 2. The van der Waals surface area contributed by atoms with Crippen LogP contribution in [0.2, 0.25) is 10.0 Å². The van der Waals surface area contributed by atoms with Gasteiger partial charge in [0.25, 0.3) is 10.0 Å². The van der Waals surface area contributed by atoms with Crippen LogP contribution in [0.4, 0.5) is 5.69 Å². The van der Waals surface area contributed by atoms with Gasteiger partial charge in [0, 0.05) is 29.2 Å². The molecule has 0 radical (unpaired) electrons. The highest BCUT2D eigenvalue weighted by Crippen LogP contribution is 2.37. The summed E-state index contributed by atoms with van der Waals surface area (Å²) >= 11 is 12.7. The number of carbonyl (C=O) groups is 2. The minimum absolute atomic E-state index is 0.0245. The monoisotopic (exact) mass is 637 g/mol. The molecule has 13 heteroatoms. The molecule has 3 aromatic rings. The second kappa shape index (κ2) is 14.5. The summed E-state index contributed by atoms with van der Waals surface area (Å²) in [5.41, 5.74) is 0.606. The van der Waals surface area contributed by atoms with Crippen LogP contribution in [-0.2, 0) is 26.2 Å². The maximum absolute atomic E-state index is 14.2. The smallest absolute Gasteiger partial charge is 0.265 e. The van der Waals surface area contributed by atoms with E-state index in [2.05, 4.69) is 5.32 Å². The molecule has 2 amide bonds. The first-order chi connectivity index (χ1) is 20.0. The Balaban J connectivity index is 2.16. The molecule has 1 atom stereocenters. The predicted molar refractivity (Wildman–Crippen MR) is 162 cm³/mol. The summed E-state index contributed by atoms with van der Waals surface area (Å²) in [4.78, 5) is 28.0. The van der Waals surface area contributed by atoms with E-state index in [1.807, 2.05) is 0 Å². The number of rotatable bonds is 13. The highest BCUT2D eigenvalue weighted by atomic mass is 35.5. The molecule has 10 nitrogen and oxygen atoms in total. The third-order valence-electron chi connectivity index (χ3n) is 6.45. The average Bonchev–Trinajstić information content (AvgIpc) is 2.98. The molecule has 0 aromatic heterocycles. The van der Waals surface area contributed by atoms with Crippen LogP contribution in [0, 0.1) is 0 Å². The fraction of sp³-hybridized carbons (Fsp3) is 0.310. The van der Waals surface area contributed by atoms with Crippen molar-refractivity contribution in [3.8, 4) is 17.2 Å². The maximum Gasteiger partial charge on any atom is 0.265 e. The summed E-state index contributed by atoms with van der Waals surface area (Å²) in [7, 11) is -0.262. The number of likely N-dealkylation sites (N-methyl/N-ethyl adjacent to an activating group) is 1. The van der Waals surface area contributed by atoms with E-state index in [0.29, 0.717) is 22.9 Å². The number of hydrogen-bond acceptors (Lipinski definition) is 7. The molecule has 0 aliphatic rings. The van der Waals surface area contributed by atoms with E-state index in [-0.39, 0.29) is 33.6 Å². The van der Waals surface area contributed by atoms with Crippen LogP contribution in [-0.4, -0.2) is 65.6 Å². The number of anilines is 1. The molecule has 1 N–H and O–H groups in total. The van der Waals surface area contributed by atoms with Crippen LogP contribution >= 0.6 is 23.2 Å². The van der Waals surface area contributed by atoms with Crippen LogP contribution < -0.4 is 23.8 Å². The zero-order valence-corrected chi connectivity index (χ0v) is 26.2. The fourth-order valence-corrected chi connectivity index (χ4v) is 5.98. The second-order valence-corrected chi connectivity index (χ2v) is 11.7. The standard InChI is InChI=1S/C29H33Cl2N3O7S/c1-6-32-29(36)19(2)33(17-20-9-7-8-10-23(20)31)28(35)18-34(24-15-21(30)11-13-25(24)39-3)42(37,38)22-12-14-26(40-4)27(16-22)41-5/h7-16,19H,6,17-18H2,1-5H3,(H,32,36). The van der Waals surface area contributed by atoms with E-state index in [1.165, 1.54) is 62.6 Å². The first kappa shape index (κ1) is 32.8. The molecule has 226 valence electrons. The van der Waals surface area contributed by atoms with Gasteiger partial charge in [0.1, 0.15) is 18.3 Å². The number of benzene rings is 3. The van der Waals surface area contributed by atoms with Gasteiger partial charge in [-0.15, -0.1) is 0 Å². The molecule has 0 heterocycles. The molecule has 0 aliphatic heterocycles. The van der Waals surface area contributed by atoms with Gasteiger partial charge in [0.2, 0.25) is 11.8 Å². The van der Waals surface area contributed by atoms with E-state index in [0.717, 1.165) is 4.31 Å². The maximum atomic E-state index is 14.2. The summed E-state index contributed by atoms with van der Waals surface area (Å²) in [6, 6.07) is 14.4. The lowest BCUT2D eigenvalue weighted by Crippen LogP contribution is -2.51. The summed E-state index contributed by atoms with van der Waals surface area (Å²) < 4.78 is 45.3. The van der Waals surface area contributed by atoms with Crippen molar-refractivity contribution >= 4 is 50.7 Å². The summed E-state index contributed by atoms with van der Waals surface area (Å²) in [5.74, 6) is -0.424. The molecule has 1 unspecified atom stereocenters. The number of sulfonamides is 1. The molecule has 0 bridgehead atoms. The Morgan fingerprint density at radius 2 is 1.55 bits per heavy atom. The van der Waals surface area contributed by atoms with Gasteiger partial charge in [0.05, 0.1) is 31.9 Å². The van der Waals surface area contributed by atoms with Gasteiger partial charge in [-0.25, -0.2) is 8.42 Å². The molecule has 3 rings (SSSR count). The van der Waals surface area contributed by atoms with Crippen molar-refractivity contribution in [1.82, 2.24) is 10.2 Å². The fourth-order valence-electron chi connectivity index (χ4n) is 4.19. The molecule has 0 aliphatic carbocycles. The molecular formula is C29H33Cl2N3O7S. The lowest BCUT2D eigenvalue weighted by Gasteiger charge is -2.32. The molecular weight excluding hydrogens is 605 g/mol. The Kier molecular flexibility index (Phi) is 11.3. The van der Waals surface area contributed by atoms with Crippen molar-refractivity contribution < 1.29 is 32.2 Å². The number of ether oxygens (including phenoxy) is 3. The van der Waals surface area contributed by atoms with Crippen molar-refractivity contribution in [1.29, 1.82) is 0 Å². The van der Waals surface area contributed by atoms with Gasteiger partial charge < -0.3 is 24.4 Å². The lowest BCUT2D eigenvalue weighted by molar-refractivity contribution is -0.139. The van der Waals surface area contributed by atoms with Gasteiger partial charge in [-0.1, -0.05) is 41.4 Å². The Bertz CT molecular complexity index is 1540. The van der Waals surface area contributed by atoms with Crippen molar-refractivity contribution in [3.05, 3.63) is 76.3 Å². The van der Waals surface area contributed by atoms with Gasteiger partial charge in [-0.05, 0) is 55.8 Å². The van der Waals surface area contributed by atoms with Crippen molar-refractivity contribution in [3.63, 3.8) is 0 Å². The van der Waals surface area contributed by atoms with Crippen LogP contribution in [0.3, 0.4) is 0 Å². The van der Waals surface area contributed by atoms with Gasteiger partial charge in [-0.2, -0.15) is 0 Å². The number of halogens is 2. The van der Waals surface area contributed by atoms with Crippen molar-refractivity contribution in [2.24, 2.45) is 0 Å². The number of nitrogens with one attached hydrogen (secondary N) is 1. The van der Waals surface area contributed by atoms with Crippen molar-refractivity contribution in [2.45, 2.75) is 31.3 Å². The summed E-state index contributed by atoms with van der Waals surface area (Å²) in [6.07, 6.45) is 0. The summed E-state index contributed by atoms with van der Waals surface area (Å²) in [5, 5.41) is 3.32. The van der Waals surface area contributed by atoms with E-state index in [4.69, 9.17) is 37.4 Å². The van der Waals surface area contributed by atoms with Crippen LogP contribution in [0.1, 0.15) is 19.4 Å². The molecule has 0 fully saturated rings. The Morgan fingerprint density at radius 1 is 0.905 bits per heavy atom.